The number of carboxylic acids is 1. The van der Waals surface area contributed by atoms with Crippen LogP contribution < -0.4 is 11.1 Å². The van der Waals surface area contributed by atoms with Gasteiger partial charge in [0.05, 0.1) is 6.07 Å². The van der Waals surface area contributed by atoms with Crippen LogP contribution in [-0.2, 0) is 19.2 Å². The van der Waals surface area contributed by atoms with E-state index in [4.69, 9.17) is 32.8 Å². The average molecular weight is 705 g/mol. The molecule has 1 fully saturated rings. The first kappa shape index (κ1) is 32.5. The van der Waals surface area contributed by atoms with Crippen molar-refractivity contribution in [2.75, 3.05) is 17.2 Å². The molecule has 0 saturated carbocycles. The van der Waals surface area contributed by atoms with Crippen LogP contribution in [0.5, 0.6) is 0 Å². The Morgan fingerprint density at radius 3 is 2.78 bits per heavy atom. The van der Waals surface area contributed by atoms with Crippen molar-refractivity contribution in [2.24, 2.45) is 5.16 Å². The van der Waals surface area contributed by atoms with Gasteiger partial charge in [0.15, 0.2) is 15.9 Å². The van der Waals surface area contributed by atoms with Gasteiger partial charge in [0, 0.05) is 41.0 Å². The molecule has 238 valence electrons. The minimum absolute atomic E-state index is 0.0383. The van der Waals surface area contributed by atoms with Crippen LogP contribution in [0.2, 0.25) is 0 Å². The first-order chi connectivity index (χ1) is 22.0. The van der Waals surface area contributed by atoms with Crippen LogP contribution in [-0.4, -0.2) is 97.3 Å². The number of nitrogens with two attached hydrogens (primary N) is 1. The molecule has 3 aromatic heterocycles. The highest BCUT2D eigenvalue weighted by molar-refractivity contribution is 8.01. The van der Waals surface area contributed by atoms with E-state index >= 15 is 0 Å². The number of fused-ring (bicyclic) bond motifs is 2. The maximum atomic E-state index is 13.3. The molecule has 3 aromatic rings. The van der Waals surface area contributed by atoms with Crippen molar-refractivity contribution >= 4 is 92.7 Å². The van der Waals surface area contributed by atoms with Crippen molar-refractivity contribution in [1.82, 2.24) is 34.8 Å². The minimum atomic E-state index is -1.65. The van der Waals surface area contributed by atoms with Crippen molar-refractivity contribution in [3.63, 3.8) is 0 Å². The number of thiazole rings is 1. The summed E-state index contributed by atoms with van der Waals surface area (Å²) in [6, 6.07) is 2.49. The molecular formula is C24H20N10O8S4. The molecule has 46 heavy (non-hydrogen) atoms. The fraction of sp³-hybridized carbons (Fsp3) is 0.292. The number of carbonyl (C=O) groups excluding carboxylic acids is 2. The zero-order valence-electron chi connectivity index (χ0n) is 23.3. The SMILES string of the molecule is Cc1cc(SCC2=C(OC(=O)O)N3C(=O)[C@@H](NC(=O)/C(=N\OC(=S)CCC#N)c4csc(N)n4)[C@H]3SC2)n2nc(C(=O)O)nc2n1. The van der Waals surface area contributed by atoms with E-state index < -0.39 is 41.2 Å². The molecule has 22 heteroatoms. The van der Waals surface area contributed by atoms with Gasteiger partial charge in [-0.2, -0.15) is 14.8 Å². The topological polar surface area (TPSA) is 261 Å². The number of rotatable bonds is 11. The molecule has 1 saturated heterocycles. The van der Waals surface area contributed by atoms with Gasteiger partial charge >= 0.3 is 12.1 Å². The van der Waals surface area contributed by atoms with E-state index in [1.54, 1.807) is 13.0 Å². The van der Waals surface area contributed by atoms with E-state index in [0.717, 1.165) is 16.2 Å². The molecule has 0 spiro atoms. The first-order valence-electron chi connectivity index (χ1n) is 12.8. The molecule has 5 rings (SSSR count). The normalized spacial score (nSPS) is 17.6. The number of β-lactam (4-membered cyclic amide) rings is 1. The zero-order chi connectivity index (χ0) is 33.1. The molecule has 5 heterocycles. The van der Waals surface area contributed by atoms with E-state index in [1.807, 2.05) is 6.07 Å². The lowest BCUT2D eigenvalue weighted by atomic mass is 10.1. The number of thiocarbonyl (C=S) groups is 1. The highest BCUT2D eigenvalue weighted by Gasteiger charge is 2.54. The Hall–Kier alpha value is -4.85. The number of nitriles is 1. The van der Waals surface area contributed by atoms with Gasteiger partial charge in [-0.05, 0) is 25.2 Å². The van der Waals surface area contributed by atoms with Crippen LogP contribution in [0.4, 0.5) is 9.93 Å². The number of aromatic carboxylic acids is 1. The maximum absolute atomic E-state index is 13.3. The van der Waals surface area contributed by atoms with Crippen LogP contribution in [0.1, 0.15) is 34.8 Å². The molecule has 2 atom stereocenters. The fourth-order valence-corrected chi connectivity index (χ4v) is 7.31. The highest BCUT2D eigenvalue weighted by atomic mass is 32.2. The van der Waals surface area contributed by atoms with Gasteiger partial charge in [-0.1, -0.05) is 5.16 Å². The van der Waals surface area contributed by atoms with Crippen molar-refractivity contribution in [3.05, 3.63) is 40.1 Å². The van der Waals surface area contributed by atoms with Crippen molar-refractivity contribution in [3.8, 4) is 6.07 Å². The predicted octanol–water partition coefficient (Wildman–Crippen LogP) is 1.62. The van der Waals surface area contributed by atoms with Crippen LogP contribution in [0.25, 0.3) is 5.78 Å². The number of ether oxygens (including phenoxy) is 1. The van der Waals surface area contributed by atoms with E-state index in [0.29, 0.717) is 16.3 Å². The number of hydrogen-bond acceptors (Lipinski definition) is 17. The lowest BCUT2D eigenvalue weighted by molar-refractivity contribution is -0.148. The quantitative estimate of drug-likeness (QED) is 0.0420. The Bertz CT molecular complexity index is 1880. The third-order valence-electron chi connectivity index (χ3n) is 6.12. The van der Waals surface area contributed by atoms with Crippen LogP contribution in [0.3, 0.4) is 0 Å². The summed E-state index contributed by atoms with van der Waals surface area (Å²) in [6.45, 7) is 1.69. The van der Waals surface area contributed by atoms with E-state index in [2.05, 4.69) is 30.5 Å². The maximum Gasteiger partial charge on any atom is 0.512 e. The van der Waals surface area contributed by atoms with Gasteiger partial charge in [0.1, 0.15) is 22.1 Å². The number of oxime groups is 1. The molecule has 0 unspecified atom stereocenters. The van der Waals surface area contributed by atoms with E-state index in [1.165, 1.54) is 33.4 Å². The molecule has 5 N–H and O–H groups in total. The number of carboxylic acid groups (broad SMARTS) is 2. The van der Waals surface area contributed by atoms with Gasteiger partial charge in [-0.15, -0.1) is 40.0 Å². The molecule has 2 aliphatic heterocycles. The Kier molecular flexibility index (Phi) is 9.65. The number of anilines is 1. The second kappa shape index (κ2) is 13.6. The summed E-state index contributed by atoms with van der Waals surface area (Å²) in [6.07, 6.45) is -1.46. The lowest BCUT2D eigenvalue weighted by Crippen LogP contribution is -2.70. The van der Waals surface area contributed by atoms with Gasteiger partial charge in [-0.25, -0.2) is 19.6 Å². The number of hydrogen-bond donors (Lipinski definition) is 4. The number of aromatic nitrogens is 5. The third-order valence-corrected chi connectivity index (χ3v) is 9.49. The number of amides is 2. The van der Waals surface area contributed by atoms with E-state index in [-0.39, 0.29) is 57.6 Å². The molecule has 2 amide bonds. The Balaban J connectivity index is 1.34. The second-order valence-electron chi connectivity index (χ2n) is 9.25. The number of nitrogens with one attached hydrogen (secondary N) is 1. The summed E-state index contributed by atoms with van der Waals surface area (Å²) in [5.41, 5.74) is 6.47. The van der Waals surface area contributed by atoms with Crippen LogP contribution in [0.15, 0.2) is 33.1 Å². The molecule has 0 bridgehead atoms. The molecule has 2 aliphatic rings. The molecule has 0 radical (unpaired) electrons. The number of carbonyl (C=O) groups is 4. The smallest absolute Gasteiger partial charge is 0.475 e. The number of nitrogens with zero attached hydrogens (tertiary/aromatic N) is 8. The number of thioether (sulfide) groups is 2. The zero-order valence-corrected chi connectivity index (χ0v) is 26.5. The number of aryl methyl sites for hydroxylation is 1. The van der Waals surface area contributed by atoms with E-state index in [9.17, 15) is 29.4 Å². The predicted molar refractivity (Wildman–Crippen MR) is 166 cm³/mol. The monoisotopic (exact) mass is 704 g/mol. The summed E-state index contributed by atoms with van der Waals surface area (Å²) in [4.78, 5) is 68.0. The Morgan fingerprint density at radius 1 is 1.33 bits per heavy atom. The summed E-state index contributed by atoms with van der Waals surface area (Å²) in [7, 11) is 0. The average Bonchev–Trinajstić information content (AvgIpc) is 3.64. The minimum Gasteiger partial charge on any atom is -0.475 e. The molecule has 0 aromatic carbocycles. The van der Waals surface area contributed by atoms with Gasteiger partial charge in [0.2, 0.25) is 5.88 Å². The summed E-state index contributed by atoms with van der Waals surface area (Å²) < 4.78 is 6.30. The highest BCUT2D eigenvalue weighted by Crippen LogP contribution is 2.42. The largest absolute Gasteiger partial charge is 0.512 e. The Labute approximate surface area is 275 Å². The number of nitrogen functional groups attached to an aromatic ring is 1. The molecule has 18 nitrogen and oxygen atoms in total. The van der Waals surface area contributed by atoms with Gasteiger partial charge in [-0.3, -0.25) is 14.5 Å². The molecular weight excluding hydrogens is 685 g/mol. The Morgan fingerprint density at radius 2 is 2.11 bits per heavy atom. The van der Waals surface area contributed by atoms with Crippen LogP contribution in [0, 0.1) is 18.3 Å². The van der Waals surface area contributed by atoms with Gasteiger partial charge < -0.3 is 30.8 Å². The van der Waals surface area contributed by atoms with Crippen molar-refractivity contribution in [2.45, 2.75) is 36.2 Å². The summed E-state index contributed by atoms with van der Waals surface area (Å²) in [5.74, 6) is -3.01. The van der Waals surface area contributed by atoms with Gasteiger partial charge in [0.25, 0.3) is 23.4 Å². The van der Waals surface area contributed by atoms with Crippen molar-refractivity contribution < 1.29 is 39.0 Å². The summed E-state index contributed by atoms with van der Waals surface area (Å²) >= 11 is 8.52. The lowest BCUT2D eigenvalue weighted by Gasteiger charge is -2.49. The van der Waals surface area contributed by atoms with Crippen LogP contribution >= 0.6 is 47.1 Å². The standard InChI is InChI=1S/C24H20N10O8S4/c1-9-5-12(34-23(27-9)30-16(31-34)21(37)38)44-6-10-7-45-20-15(18(36)33(20)19(10)41-24(39)40)29-17(35)14(11-8-46-22(26)28-11)32-42-13(43)3-2-4-25/h5,8,15,20H,2-3,6-7H2,1H3,(H2,26,28)(H,29,35)(H,37,38)(H,39,40)/b32-14-/t15-,20-/m1/s1. The molecule has 0 aliphatic carbocycles. The summed E-state index contributed by atoms with van der Waals surface area (Å²) in [5, 5.41) is 39.2. The third kappa shape index (κ3) is 6.86. The second-order valence-corrected chi connectivity index (χ2v) is 12.7. The fourth-order valence-electron chi connectivity index (χ4n) is 4.13. The van der Waals surface area contributed by atoms with Crippen molar-refractivity contribution in [1.29, 1.82) is 5.26 Å². The first-order valence-corrected chi connectivity index (χ1v) is 16.1.